The van der Waals surface area contributed by atoms with Crippen LogP contribution in [0.4, 0.5) is 0 Å². The van der Waals surface area contributed by atoms with E-state index in [-0.39, 0.29) is 12.4 Å². The molecule has 0 amide bonds. The van der Waals surface area contributed by atoms with Crippen molar-refractivity contribution < 1.29 is 0 Å². The first-order valence-corrected chi connectivity index (χ1v) is 7.31. The Bertz CT molecular complexity index is 432. The van der Waals surface area contributed by atoms with Gasteiger partial charge in [-0.1, -0.05) is 29.3 Å². The molecule has 1 aromatic carbocycles. The lowest BCUT2D eigenvalue weighted by molar-refractivity contribution is 0.298. The molecule has 3 rings (SSSR count). The zero-order chi connectivity index (χ0) is 12.7. The molecular formula is C14H19Cl3N2. The summed E-state index contributed by atoms with van der Waals surface area (Å²) in [6.07, 6.45) is 2.47. The van der Waals surface area contributed by atoms with E-state index in [2.05, 4.69) is 4.90 Å². The van der Waals surface area contributed by atoms with Crippen molar-refractivity contribution in [3.8, 4) is 0 Å². The van der Waals surface area contributed by atoms with E-state index >= 15 is 0 Å². The van der Waals surface area contributed by atoms with Gasteiger partial charge in [0.15, 0.2) is 0 Å². The van der Waals surface area contributed by atoms with E-state index in [4.69, 9.17) is 28.9 Å². The summed E-state index contributed by atoms with van der Waals surface area (Å²) in [7, 11) is 0. The fourth-order valence-electron chi connectivity index (χ4n) is 3.44. The average molecular weight is 322 g/mol. The van der Waals surface area contributed by atoms with Crippen molar-refractivity contribution in [2.45, 2.75) is 25.4 Å². The van der Waals surface area contributed by atoms with Crippen LogP contribution in [0.15, 0.2) is 18.2 Å². The molecule has 2 fully saturated rings. The summed E-state index contributed by atoms with van der Waals surface area (Å²) in [5, 5.41) is 1.53. The lowest BCUT2D eigenvalue weighted by atomic mass is 9.98. The number of nitrogens with zero attached hydrogens (tertiary/aromatic N) is 1. The van der Waals surface area contributed by atoms with Gasteiger partial charge in [-0.2, -0.15) is 0 Å². The molecule has 5 heteroatoms. The molecule has 1 saturated heterocycles. The summed E-state index contributed by atoms with van der Waals surface area (Å²) in [4.78, 5) is 2.45. The third kappa shape index (κ3) is 3.03. The van der Waals surface area contributed by atoms with Crippen molar-refractivity contribution in [2.75, 3.05) is 13.1 Å². The van der Waals surface area contributed by atoms with Gasteiger partial charge in [0.25, 0.3) is 0 Å². The second-order valence-electron chi connectivity index (χ2n) is 5.56. The van der Waals surface area contributed by atoms with E-state index in [1.165, 1.54) is 12.8 Å². The summed E-state index contributed by atoms with van der Waals surface area (Å²) in [5.74, 6) is 1.45. The predicted octanol–water partition coefficient (Wildman–Crippen LogP) is 3.58. The number of fused-ring (bicyclic) bond motifs is 1. The van der Waals surface area contributed by atoms with Gasteiger partial charge in [-0.25, -0.2) is 0 Å². The van der Waals surface area contributed by atoms with Gasteiger partial charge in [0.1, 0.15) is 0 Å². The van der Waals surface area contributed by atoms with Gasteiger partial charge in [-0.05, 0) is 36.8 Å². The summed E-state index contributed by atoms with van der Waals surface area (Å²) in [6.45, 7) is 3.07. The molecule has 106 valence electrons. The van der Waals surface area contributed by atoms with Crippen LogP contribution in [0, 0.1) is 11.8 Å². The summed E-state index contributed by atoms with van der Waals surface area (Å²) in [6, 6.07) is 6.10. The molecule has 2 N–H and O–H groups in total. The highest BCUT2D eigenvalue weighted by molar-refractivity contribution is 6.35. The second kappa shape index (κ2) is 6.19. The molecule has 0 aromatic heterocycles. The van der Waals surface area contributed by atoms with Crippen molar-refractivity contribution in [3.05, 3.63) is 33.8 Å². The Hall–Kier alpha value is 0.01000. The summed E-state index contributed by atoms with van der Waals surface area (Å²) >= 11 is 12.4. The van der Waals surface area contributed by atoms with Crippen molar-refractivity contribution in [1.82, 2.24) is 4.90 Å². The normalized spacial score (nSPS) is 30.2. The highest BCUT2D eigenvalue weighted by atomic mass is 35.5. The molecule has 0 bridgehead atoms. The summed E-state index contributed by atoms with van der Waals surface area (Å²) < 4.78 is 0. The molecule has 1 aromatic rings. The van der Waals surface area contributed by atoms with E-state index in [0.717, 1.165) is 41.2 Å². The largest absolute Gasteiger partial charge is 0.327 e. The van der Waals surface area contributed by atoms with Crippen LogP contribution in [0.25, 0.3) is 0 Å². The summed E-state index contributed by atoms with van der Waals surface area (Å²) in [5.41, 5.74) is 7.21. The Morgan fingerprint density at radius 3 is 2.47 bits per heavy atom. The highest BCUT2D eigenvalue weighted by Crippen LogP contribution is 2.38. The van der Waals surface area contributed by atoms with Crippen LogP contribution in [0.2, 0.25) is 10.0 Å². The maximum atomic E-state index is 6.22. The zero-order valence-corrected chi connectivity index (χ0v) is 13.0. The first-order valence-electron chi connectivity index (χ1n) is 6.56. The zero-order valence-electron chi connectivity index (χ0n) is 10.7. The molecule has 1 heterocycles. The lowest BCUT2D eigenvalue weighted by Crippen LogP contribution is -2.30. The van der Waals surface area contributed by atoms with Crippen LogP contribution in [-0.4, -0.2) is 24.0 Å². The Labute approximate surface area is 130 Å². The van der Waals surface area contributed by atoms with Gasteiger partial charge in [-0.3, -0.25) is 4.90 Å². The van der Waals surface area contributed by atoms with E-state index < -0.39 is 0 Å². The quantitative estimate of drug-likeness (QED) is 0.902. The molecule has 0 radical (unpaired) electrons. The van der Waals surface area contributed by atoms with Gasteiger partial charge in [-0.15, -0.1) is 12.4 Å². The van der Waals surface area contributed by atoms with Crippen LogP contribution in [0.5, 0.6) is 0 Å². The van der Waals surface area contributed by atoms with Gasteiger partial charge in [0.05, 0.1) is 0 Å². The SMILES string of the molecule is Cl.NC1CCC2CN(Cc3c(Cl)cccc3Cl)CC12. The van der Waals surface area contributed by atoms with Crippen LogP contribution < -0.4 is 5.73 Å². The van der Waals surface area contributed by atoms with Crippen LogP contribution in [0.3, 0.4) is 0 Å². The van der Waals surface area contributed by atoms with Crippen LogP contribution in [0.1, 0.15) is 18.4 Å². The number of hydrogen-bond donors (Lipinski definition) is 1. The minimum atomic E-state index is 0. The minimum Gasteiger partial charge on any atom is -0.327 e. The van der Waals surface area contributed by atoms with E-state index in [1.54, 1.807) is 0 Å². The second-order valence-corrected chi connectivity index (χ2v) is 6.37. The van der Waals surface area contributed by atoms with Gasteiger partial charge < -0.3 is 5.73 Å². The van der Waals surface area contributed by atoms with Crippen LogP contribution in [-0.2, 0) is 6.54 Å². The number of halogens is 3. The molecule has 3 unspecified atom stereocenters. The number of hydrogen-bond acceptors (Lipinski definition) is 2. The molecular weight excluding hydrogens is 303 g/mol. The molecule has 3 atom stereocenters. The first kappa shape index (κ1) is 15.4. The third-order valence-corrected chi connectivity index (χ3v) is 5.14. The topological polar surface area (TPSA) is 29.3 Å². The van der Waals surface area contributed by atoms with Crippen molar-refractivity contribution in [2.24, 2.45) is 17.6 Å². The molecule has 2 aliphatic rings. The van der Waals surface area contributed by atoms with E-state index in [0.29, 0.717) is 12.0 Å². The van der Waals surface area contributed by atoms with E-state index in [9.17, 15) is 0 Å². The molecule has 2 nitrogen and oxygen atoms in total. The molecule has 1 saturated carbocycles. The molecule has 1 aliphatic heterocycles. The van der Waals surface area contributed by atoms with E-state index in [1.807, 2.05) is 18.2 Å². The average Bonchev–Trinajstić information content (AvgIpc) is 2.87. The third-order valence-electron chi connectivity index (χ3n) is 4.43. The van der Waals surface area contributed by atoms with Crippen molar-refractivity contribution >= 4 is 35.6 Å². The molecule has 0 spiro atoms. The highest BCUT2D eigenvalue weighted by Gasteiger charge is 2.40. The molecule has 1 aliphatic carbocycles. The number of nitrogens with two attached hydrogens (primary N) is 1. The predicted molar refractivity (Wildman–Crippen MR) is 83.2 cm³/mol. The Balaban J connectivity index is 0.00000133. The standard InChI is InChI=1S/C14H18Cl2N2.ClH/c15-12-2-1-3-13(16)11(12)8-18-6-9-4-5-14(17)10(9)7-18;/h1-3,9-10,14H,4-8,17H2;1H. The lowest BCUT2D eigenvalue weighted by Gasteiger charge is -2.19. The van der Waals surface area contributed by atoms with Gasteiger partial charge in [0, 0.05) is 41.3 Å². The smallest absolute Gasteiger partial charge is 0.0465 e. The number of likely N-dealkylation sites (tertiary alicyclic amines) is 1. The Kier molecular flexibility index (Phi) is 5.02. The minimum absolute atomic E-state index is 0. The fraction of sp³-hybridized carbons (Fsp3) is 0.571. The maximum absolute atomic E-state index is 6.22. The maximum Gasteiger partial charge on any atom is 0.0465 e. The van der Waals surface area contributed by atoms with Crippen LogP contribution >= 0.6 is 35.6 Å². The number of benzene rings is 1. The Morgan fingerprint density at radius 2 is 1.84 bits per heavy atom. The first-order chi connectivity index (χ1) is 8.65. The van der Waals surface area contributed by atoms with Gasteiger partial charge >= 0.3 is 0 Å². The van der Waals surface area contributed by atoms with Crippen molar-refractivity contribution in [3.63, 3.8) is 0 Å². The Morgan fingerprint density at radius 1 is 1.16 bits per heavy atom. The van der Waals surface area contributed by atoms with Crippen molar-refractivity contribution in [1.29, 1.82) is 0 Å². The monoisotopic (exact) mass is 320 g/mol. The molecule has 19 heavy (non-hydrogen) atoms. The number of rotatable bonds is 2. The fourth-order valence-corrected chi connectivity index (χ4v) is 3.95. The van der Waals surface area contributed by atoms with Gasteiger partial charge in [0.2, 0.25) is 0 Å².